The molecule has 0 unspecified atom stereocenters. The molecule has 0 aliphatic rings. The molecule has 6 heteroatoms. The third-order valence-electron chi connectivity index (χ3n) is 3.87. The van der Waals surface area contributed by atoms with E-state index in [0.717, 1.165) is 33.7 Å². The molecule has 2 N–H and O–H groups in total. The Bertz CT molecular complexity index is 894. The van der Waals surface area contributed by atoms with Gasteiger partial charge in [-0.2, -0.15) is 0 Å². The van der Waals surface area contributed by atoms with E-state index in [0.29, 0.717) is 19.6 Å². The minimum absolute atomic E-state index is 0.190. The Hall–Kier alpha value is -3.15. The first-order valence-corrected chi connectivity index (χ1v) is 8.63. The summed E-state index contributed by atoms with van der Waals surface area (Å²) in [6.07, 6.45) is 3.94. The number of esters is 1. The number of rotatable bonds is 7. The first-order valence-electron chi connectivity index (χ1n) is 8.63. The molecule has 0 bridgehead atoms. The summed E-state index contributed by atoms with van der Waals surface area (Å²) < 4.78 is 4.91. The maximum absolute atomic E-state index is 11.3. The van der Waals surface area contributed by atoms with E-state index >= 15 is 0 Å². The molecule has 3 rings (SSSR count). The highest BCUT2D eigenvalue weighted by atomic mass is 16.5. The van der Waals surface area contributed by atoms with Crippen LogP contribution in [0.2, 0.25) is 0 Å². The van der Waals surface area contributed by atoms with Crippen molar-refractivity contribution in [1.82, 2.24) is 9.97 Å². The normalized spacial score (nSPS) is 10.5. The summed E-state index contributed by atoms with van der Waals surface area (Å²) in [7, 11) is 0. The minimum Gasteiger partial charge on any atom is -0.466 e. The summed E-state index contributed by atoms with van der Waals surface area (Å²) in [5, 5.41) is 8.65. The van der Waals surface area contributed by atoms with Crippen LogP contribution in [0.25, 0.3) is 10.8 Å². The molecular formula is C20H22N4O2. The van der Waals surface area contributed by atoms with Gasteiger partial charge in [0.1, 0.15) is 5.82 Å². The Morgan fingerprint density at radius 1 is 1.15 bits per heavy atom. The van der Waals surface area contributed by atoms with Crippen LogP contribution in [0.4, 0.5) is 17.2 Å². The van der Waals surface area contributed by atoms with Crippen LogP contribution < -0.4 is 10.6 Å². The van der Waals surface area contributed by atoms with Gasteiger partial charge in [-0.3, -0.25) is 9.78 Å². The van der Waals surface area contributed by atoms with Gasteiger partial charge in [-0.05, 0) is 55.6 Å². The smallest absolute Gasteiger partial charge is 0.307 e. The van der Waals surface area contributed by atoms with Crippen LogP contribution in [0, 0.1) is 6.92 Å². The monoisotopic (exact) mass is 350 g/mol. The second-order valence-electron chi connectivity index (χ2n) is 5.89. The number of nitrogens with one attached hydrogen (secondary N) is 2. The van der Waals surface area contributed by atoms with E-state index in [9.17, 15) is 4.79 Å². The van der Waals surface area contributed by atoms with Crippen molar-refractivity contribution in [2.45, 2.75) is 20.3 Å². The third-order valence-corrected chi connectivity index (χ3v) is 3.87. The number of carbonyl (C=O) groups excluding carboxylic acids is 1. The zero-order chi connectivity index (χ0) is 18.4. The molecule has 0 aliphatic carbocycles. The number of benzene rings is 1. The summed E-state index contributed by atoms with van der Waals surface area (Å²) in [5.74, 6) is 0.598. The quantitative estimate of drug-likeness (QED) is 0.626. The van der Waals surface area contributed by atoms with E-state index in [2.05, 4.69) is 20.6 Å². The highest BCUT2D eigenvalue weighted by molar-refractivity contribution is 5.92. The SMILES string of the molecule is CCOC(=O)CCNc1ccc(Nc2nc(C)cc3ccncc23)cc1. The molecule has 3 aromatic rings. The fourth-order valence-corrected chi connectivity index (χ4v) is 2.67. The molecule has 2 aromatic heterocycles. The van der Waals surface area contributed by atoms with E-state index in [1.165, 1.54) is 0 Å². The Labute approximate surface area is 152 Å². The van der Waals surface area contributed by atoms with Crippen molar-refractivity contribution in [3.63, 3.8) is 0 Å². The maximum atomic E-state index is 11.3. The summed E-state index contributed by atoms with van der Waals surface area (Å²) in [5.41, 5.74) is 2.83. The third kappa shape index (κ3) is 4.47. The number of hydrogen-bond donors (Lipinski definition) is 2. The van der Waals surface area contributed by atoms with Crippen LogP contribution in [-0.2, 0) is 9.53 Å². The predicted octanol–water partition coefficient (Wildman–Crippen LogP) is 4.05. The van der Waals surface area contributed by atoms with E-state index in [4.69, 9.17) is 4.74 Å². The van der Waals surface area contributed by atoms with Gasteiger partial charge in [0, 0.05) is 41.4 Å². The van der Waals surface area contributed by atoms with Crippen molar-refractivity contribution in [2.24, 2.45) is 0 Å². The van der Waals surface area contributed by atoms with Gasteiger partial charge in [0.15, 0.2) is 0 Å². The molecule has 0 fully saturated rings. The van der Waals surface area contributed by atoms with Crippen LogP contribution in [0.1, 0.15) is 19.0 Å². The average molecular weight is 350 g/mol. The molecule has 26 heavy (non-hydrogen) atoms. The lowest BCUT2D eigenvalue weighted by atomic mass is 10.2. The lowest BCUT2D eigenvalue weighted by Gasteiger charge is -2.11. The van der Waals surface area contributed by atoms with Gasteiger partial charge >= 0.3 is 5.97 Å². The number of pyridine rings is 2. The zero-order valence-corrected chi connectivity index (χ0v) is 15.0. The molecule has 0 spiro atoms. The van der Waals surface area contributed by atoms with E-state index < -0.39 is 0 Å². The van der Waals surface area contributed by atoms with Gasteiger partial charge in [-0.25, -0.2) is 4.98 Å². The van der Waals surface area contributed by atoms with Gasteiger partial charge in [0.05, 0.1) is 13.0 Å². The second kappa shape index (κ2) is 8.29. The van der Waals surface area contributed by atoms with Crippen LogP contribution in [0.15, 0.2) is 48.8 Å². The topological polar surface area (TPSA) is 76.1 Å². The van der Waals surface area contributed by atoms with Crippen molar-refractivity contribution < 1.29 is 9.53 Å². The predicted molar refractivity (Wildman–Crippen MR) is 104 cm³/mol. The zero-order valence-electron chi connectivity index (χ0n) is 15.0. The van der Waals surface area contributed by atoms with Crippen LogP contribution in [0.5, 0.6) is 0 Å². The summed E-state index contributed by atoms with van der Waals surface area (Å²) >= 11 is 0. The van der Waals surface area contributed by atoms with Gasteiger partial charge in [-0.15, -0.1) is 0 Å². The molecule has 134 valence electrons. The number of ether oxygens (including phenoxy) is 1. The Morgan fingerprint density at radius 2 is 1.92 bits per heavy atom. The minimum atomic E-state index is -0.190. The van der Waals surface area contributed by atoms with Crippen molar-refractivity contribution in [1.29, 1.82) is 0 Å². The molecule has 0 saturated heterocycles. The number of anilines is 3. The first kappa shape index (κ1) is 17.7. The summed E-state index contributed by atoms with van der Waals surface area (Å²) in [6.45, 7) is 4.73. The Kier molecular flexibility index (Phi) is 5.63. The number of aryl methyl sites for hydroxylation is 1. The average Bonchev–Trinajstić information content (AvgIpc) is 2.63. The van der Waals surface area contributed by atoms with Gasteiger partial charge < -0.3 is 15.4 Å². The molecular weight excluding hydrogens is 328 g/mol. The highest BCUT2D eigenvalue weighted by Crippen LogP contribution is 2.25. The van der Waals surface area contributed by atoms with E-state index in [1.54, 1.807) is 13.1 Å². The molecule has 0 aliphatic heterocycles. The van der Waals surface area contributed by atoms with Crippen molar-refractivity contribution in [3.8, 4) is 0 Å². The highest BCUT2D eigenvalue weighted by Gasteiger charge is 2.05. The molecule has 0 radical (unpaired) electrons. The summed E-state index contributed by atoms with van der Waals surface area (Å²) in [4.78, 5) is 20.1. The lowest BCUT2D eigenvalue weighted by Crippen LogP contribution is -2.11. The van der Waals surface area contributed by atoms with Crippen LogP contribution in [0.3, 0.4) is 0 Å². The molecule has 0 amide bonds. The molecule has 1 aromatic carbocycles. The number of fused-ring (bicyclic) bond motifs is 1. The number of aromatic nitrogens is 2. The van der Waals surface area contributed by atoms with Crippen LogP contribution >= 0.6 is 0 Å². The number of hydrogen-bond acceptors (Lipinski definition) is 6. The van der Waals surface area contributed by atoms with E-state index in [1.807, 2.05) is 49.5 Å². The van der Waals surface area contributed by atoms with Crippen molar-refractivity contribution in [2.75, 3.05) is 23.8 Å². The fourth-order valence-electron chi connectivity index (χ4n) is 2.67. The standard InChI is InChI=1S/C20H22N4O2/c1-3-26-19(25)9-11-22-16-4-6-17(7-5-16)24-20-18-13-21-10-8-15(18)12-14(2)23-20/h4-8,10,12-13,22H,3,9,11H2,1-2H3,(H,23,24). The van der Waals surface area contributed by atoms with Crippen molar-refractivity contribution >= 4 is 33.9 Å². The largest absolute Gasteiger partial charge is 0.466 e. The first-order chi connectivity index (χ1) is 12.7. The van der Waals surface area contributed by atoms with Crippen molar-refractivity contribution in [3.05, 3.63) is 54.5 Å². The molecule has 0 atom stereocenters. The number of carbonyl (C=O) groups is 1. The fraction of sp³-hybridized carbons (Fsp3) is 0.250. The van der Waals surface area contributed by atoms with Gasteiger partial charge in [-0.1, -0.05) is 0 Å². The molecule has 2 heterocycles. The summed E-state index contributed by atoms with van der Waals surface area (Å²) in [6, 6.07) is 11.9. The Balaban J connectivity index is 1.66. The second-order valence-corrected chi connectivity index (χ2v) is 5.89. The van der Waals surface area contributed by atoms with Crippen LogP contribution in [-0.4, -0.2) is 29.1 Å². The maximum Gasteiger partial charge on any atom is 0.307 e. The van der Waals surface area contributed by atoms with Gasteiger partial charge in [0.2, 0.25) is 0 Å². The molecule has 6 nitrogen and oxygen atoms in total. The molecule has 0 saturated carbocycles. The number of nitrogens with zero attached hydrogens (tertiary/aromatic N) is 2. The van der Waals surface area contributed by atoms with Gasteiger partial charge in [0.25, 0.3) is 0 Å². The lowest BCUT2D eigenvalue weighted by molar-refractivity contribution is -0.142. The van der Waals surface area contributed by atoms with E-state index in [-0.39, 0.29) is 5.97 Å². The Morgan fingerprint density at radius 3 is 2.69 bits per heavy atom.